The monoisotopic (exact) mass is 584 g/mol. The Balaban J connectivity index is 0.000000555. The van der Waals surface area contributed by atoms with Crippen LogP contribution in [0.15, 0.2) is 89.5 Å². The summed E-state index contributed by atoms with van der Waals surface area (Å²) in [6, 6.07) is 26.7. The summed E-state index contributed by atoms with van der Waals surface area (Å²) < 4.78 is 7.86. The second-order valence-electron chi connectivity index (χ2n) is 6.71. The fourth-order valence-electron chi connectivity index (χ4n) is 3.30. The van der Waals surface area contributed by atoms with Gasteiger partial charge in [0.25, 0.3) is 11.5 Å². The Hall–Kier alpha value is -1.49. The van der Waals surface area contributed by atoms with E-state index in [1.165, 1.54) is 0 Å². The Labute approximate surface area is 216 Å². The van der Waals surface area contributed by atoms with Gasteiger partial charge >= 0.3 is 49.6 Å². The van der Waals surface area contributed by atoms with Gasteiger partial charge in [-0.25, -0.2) is 4.52 Å². The predicted octanol–water partition coefficient (Wildman–Crippen LogP) is 8.56. The number of nitrogens with zero attached hydrogens (tertiary/aromatic N) is 1. The molecule has 3 aromatic carbocycles. The summed E-state index contributed by atoms with van der Waals surface area (Å²) in [5, 5.41) is 0.591. The molecular formula is C24H19Cl5FeNO2+. The summed E-state index contributed by atoms with van der Waals surface area (Å²) in [4.78, 5) is 13.3. The van der Waals surface area contributed by atoms with Crippen molar-refractivity contribution in [3.8, 4) is 22.4 Å². The summed E-state index contributed by atoms with van der Waals surface area (Å²) in [6.07, 6.45) is 0. The Morgan fingerprint density at radius 2 is 1.30 bits per heavy atom. The number of aryl methyl sites for hydroxylation is 1. The molecule has 0 radical (unpaired) electrons. The molecular weight excluding hydrogens is 567 g/mol. The van der Waals surface area contributed by atoms with Crippen LogP contribution < -0.4 is 4.74 Å². The molecule has 4 aromatic rings. The number of carbonyl (C=O) groups is 1. The van der Waals surface area contributed by atoms with Crippen LogP contribution in [0.4, 0.5) is 0 Å². The van der Waals surface area contributed by atoms with Gasteiger partial charge < -0.3 is 0 Å². The third kappa shape index (κ3) is 7.24. The van der Waals surface area contributed by atoms with Crippen LogP contribution in [0.1, 0.15) is 23.0 Å². The van der Waals surface area contributed by atoms with Gasteiger partial charge in [-0.15, -0.1) is 0 Å². The third-order valence-electron chi connectivity index (χ3n) is 4.62. The SMILES string of the molecule is CC[n+]1oc(C(=O)c2ccc(Cl)cc2)c(-c2ccccc2)c1-c1ccccc1.[Cl][Fe]([Cl])([Cl])[Cl]. The molecule has 0 fully saturated rings. The molecule has 33 heavy (non-hydrogen) atoms. The molecule has 0 atom stereocenters. The van der Waals surface area contributed by atoms with Crippen LogP contribution in [-0.4, -0.2) is 5.78 Å². The zero-order valence-electron chi connectivity index (χ0n) is 17.3. The minimum absolute atomic E-state index is 0.167. The fraction of sp³-hybridized carbons (Fsp3) is 0.0833. The first-order valence-corrected chi connectivity index (χ1v) is 16.2. The molecule has 3 nitrogen and oxygen atoms in total. The van der Waals surface area contributed by atoms with Gasteiger partial charge in [-0.05, 0) is 53.6 Å². The number of rotatable bonds is 5. The molecule has 0 aliphatic carbocycles. The standard InChI is InChI=1S/C24H19ClNO2.4ClH.Fe/c1-2-26-22(18-11-7-4-8-12-18)21(17-9-5-3-6-10-17)24(28-26)23(27)19-13-15-20(25)16-14-19;;;;;/h3-16H,2H2,1H3;4*1H;/q+1;;;;;+4/p-4. The van der Waals surface area contributed by atoms with Gasteiger partial charge in [-0.1, -0.05) is 60.1 Å². The van der Waals surface area contributed by atoms with E-state index in [4.69, 9.17) is 56.5 Å². The van der Waals surface area contributed by atoms with E-state index in [1.54, 1.807) is 29.0 Å². The summed E-state index contributed by atoms with van der Waals surface area (Å²) >= 11 is 5.98. The van der Waals surface area contributed by atoms with Crippen LogP contribution in [0.2, 0.25) is 5.02 Å². The maximum atomic E-state index is 13.3. The average molecular weight is 587 g/mol. The normalized spacial score (nSPS) is 11.5. The first-order valence-electron chi connectivity index (χ1n) is 9.70. The van der Waals surface area contributed by atoms with E-state index in [9.17, 15) is 4.79 Å². The van der Waals surface area contributed by atoms with E-state index in [0.29, 0.717) is 22.9 Å². The Morgan fingerprint density at radius 1 is 0.818 bits per heavy atom. The van der Waals surface area contributed by atoms with Crippen LogP contribution in [0.25, 0.3) is 22.4 Å². The number of carbonyl (C=O) groups excluding carboxylic acids is 1. The molecule has 1 aromatic heterocycles. The topological polar surface area (TPSA) is 34.1 Å². The van der Waals surface area contributed by atoms with Gasteiger partial charge in [0, 0.05) is 10.6 Å². The van der Waals surface area contributed by atoms with Gasteiger partial charge in [0.2, 0.25) is 5.78 Å². The quantitative estimate of drug-likeness (QED) is 0.133. The molecule has 0 bridgehead atoms. The van der Waals surface area contributed by atoms with Gasteiger partial charge in [-0.2, -0.15) is 0 Å². The summed E-state index contributed by atoms with van der Waals surface area (Å²) in [5.41, 5.74) is 4.18. The third-order valence-corrected chi connectivity index (χ3v) is 4.88. The second kappa shape index (κ2) is 11.8. The van der Waals surface area contributed by atoms with E-state index in [1.807, 2.05) is 67.6 Å². The fourth-order valence-corrected chi connectivity index (χ4v) is 3.43. The van der Waals surface area contributed by atoms with E-state index < -0.39 is 9.20 Å². The molecule has 0 aliphatic heterocycles. The van der Waals surface area contributed by atoms with Gasteiger partial charge in [-0.3, -0.25) is 4.79 Å². The number of benzene rings is 3. The van der Waals surface area contributed by atoms with E-state index in [2.05, 4.69) is 0 Å². The van der Waals surface area contributed by atoms with Crippen LogP contribution in [-0.2, 0) is 15.7 Å². The van der Waals surface area contributed by atoms with E-state index in [-0.39, 0.29) is 5.78 Å². The summed E-state index contributed by atoms with van der Waals surface area (Å²) in [5.74, 6) is 0.161. The van der Waals surface area contributed by atoms with Crippen molar-refractivity contribution in [3.63, 3.8) is 0 Å². The van der Waals surface area contributed by atoms with Gasteiger partial charge in [0.05, 0.1) is 5.56 Å². The van der Waals surface area contributed by atoms with Crippen LogP contribution in [0, 0.1) is 0 Å². The van der Waals surface area contributed by atoms with Crippen LogP contribution in [0.5, 0.6) is 0 Å². The first kappa shape index (κ1) is 26.1. The summed E-state index contributed by atoms with van der Waals surface area (Å²) in [7, 11) is 17.2. The molecule has 0 spiro atoms. The Morgan fingerprint density at radius 3 is 1.79 bits per heavy atom. The van der Waals surface area contributed by atoms with Crippen LogP contribution in [0.3, 0.4) is 0 Å². The second-order valence-corrected chi connectivity index (χ2v) is 18.1. The molecule has 0 aliphatic rings. The Kier molecular flexibility index (Phi) is 9.32. The molecule has 1 heterocycles. The molecule has 0 N–H and O–H groups in total. The first-order chi connectivity index (χ1) is 15.7. The summed E-state index contributed by atoms with van der Waals surface area (Å²) in [6.45, 7) is 2.61. The number of aromatic nitrogens is 1. The van der Waals surface area contributed by atoms with Crippen molar-refractivity contribution in [2.45, 2.75) is 13.5 Å². The van der Waals surface area contributed by atoms with Crippen molar-refractivity contribution < 1.29 is 23.3 Å². The van der Waals surface area contributed by atoms with Crippen molar-refractivity contribution in [3.05, 3.63) is 101 Å². The van der Waals surface area contributed by atoms with E-state index in [0.717, 1.165) is 22.4 Å². The van der Waals surface area contributed by atoms with Crippen molar-refractivity contribution in [2.24, 2.45) is 0 Å². The van der Waals surface area contributed by atoms with E-state index >= 15 is 0 Å². The van der Waals surface area contributed by atoms with Crippen molar-refractivity contribution >= 4 is 57.8 Å². The molecule has 0 saturated heterocycles. The number of halogens is 5. The number of ketones is 1. The number of hydrogen-bond acceptors (Lipinski definition) is 2. The molecule has 0 saturated carbocycles. The zero-order chi connectivity index (χ0) is 24.0. The molecule has 0 amide bonds. The molecule has 9 heteroatoms. The maximum absolute atomic E-state index is 13.3. The van der Waals surface area contributed by atoms with Gasteiger partial charge in [0.15, 0.2) is 6.54 Å². The Bertz CT molecular complexity index is 1200. The van der Waals surface area contributed by atoms with Crippen LogP contribution >= 0.6 is 52.0 Å². The zero-order valence-corrected chi connectivity index (χ0v) is 22.2. The van der Waals surface area contributed by atoms with Gasteiger partial charge in [0.1, 0.15) is 5.56 Å². The molecule has 0 unspecified atom stereocenters. The van der Waals surface area contributed by atoms with Crippen molar-refractivity contribution in [1.82, 2.24) is 0 Å². The predicted molar refractivity (Wildman–Crippen MR) is 134 cm³/mol. The van der Waals surface area contributed by atoms with Crippen molar-refractivity contribution in [2.75, 3.05) is 0 Å². The van der Waals surface area contributed by atoms with Crippen molar-refractivity contribution in [1.29, 1.82) is 0 Å². The molecule has 174 valence electrons. The molecule has 4 rings (SSSR count). The average Bonchev–Trinajstić information content (AvgIpc) is 3.19. The minimum atomic E-state index is -2.61. The number of hydrogen-bond donors (Lipinski definition) is 0.